The van der Waals surface area contributed by atoms with Gasteiger partial charge in [-0.2, -0.15) is 0 Å². The molecule has 1 saturated heterocycles. The van der Waals surface area contributed by atoms with Crippen LogP contribution in [-0.4, -0.2) is 56.1 Å². The van der Waals surface area contributed by atoms with E-state index in [1.807, 2.05) is 11.4 Å². The first-order chi connectivity index (χ1) is 13.6. The Morgan fingerprint density at radius 3 is 2.57 bits per heavy atom. The summed E-state index contributed by atoms with van der Waals surface area (Å²) in [6.45, 7) is 3.50. The summed E-state index contributed by atoms with van der Waals surface area (Å²) in [6.07, 6.45) is 0.205. The van der Waals surface area contributed by atoms with Crippen LogP contribution >= 0.6 is 11.3 Å². The number of amides is 2. The molecule has 150 valence electrons. The Hall–Kier alpha value is -2.29. The third-order valence-corrected chi connectivity index (χ3v) is 5.49. The van der Waals surface area contributed by atoms with Crippen molar-refractivity contribution in [1.29, 1.82) is 0 Å². The average molecular weight is 405 g/mol. The van der Waals surface area contributed by atoms with Crippen molar-refractivity contribution in [3.63, 3.8) is 0 Å². The Bertz CT molecular complexity index is 762. The van der Waals surface area contributed by atoms with Crippen LogP contribution in [0.3, 0.4) is 0 Å². The maximum absolute atomic E-state index is 13.3. The molecule has 1 aliphatic rings. The van der Waals surface area contributed by atoms with E-state index in [1.165, 1.54) is 23.5 Å². The molecule has 8 heteroatoms. The van der Waals surface area contributed by atoms with Crippen molar-refractivity contribution >= 4 is 23.2 Å². The lowest BCUT2D eigenvalue weighted by atomic mass is 10.0. The predicted molar refractivity (Wildman–Crippen MR) is 106 cm³/mol. The summed E-state index contributed by atoms with van der Waals surface area (Å²) in [4.78, 5) is 27.0. The molecule has 2 N–H and O–H groups in total. The van der Waals surface area contributed by atoms with Gasteiger partial charge in [-0.1, -0.05) is 18.2 Å². The van der Waals surface area contributed by atoms with Gasteiger partial charge in [0.1, 0.15) is 5.82 Å². The molecule has 0 radical (unpaired) electrons. The number of ether oxygens (including phenoxy) is 1. The number of nitrogens with zero attached hydrogens (tertiary/aromatic N) is 1. The second-order valence-electron chi connectivity index (χ2n) is 6.50. The summed E-state index contributed by atoms with van der Waals surface area (Å²) in [5.74, 6) is -0.581. The molecule has 3 rings (SSSR count). The van der Waals surface area contributed by atoms with Crippen LogP contribution in [-0.2, 0) is 9.53 Å². The molecule has 0 spiro atoms. The molecule has 1 atom stereocenters. The molecular weight excluding hydrogens is 381 g/mol. The fourth-order valence-corrected chi connectivity index (χ4v) is 3.76. The molecule has 0 saturated carbocycles. The lowest BCUT2D eigenvalue weighted by Crippen LogP contribution is -2.44. The lowest BCUT2D eigenvalue weighted by Gasteiger charge is -2.35. The van der Waals surface area contributed by atoms with Gasteiger partial charge < -0.3 is 15.4 Å². The largest absolute Gasteiger partial charge is 0.379 e. The Morgan fingerprint density at radius 1 is 1.14 bits per heavy atom. The molecule has 0 bridgehead atoms. The zero-order valence-corrected chi connectivity index (χ0v) is 16.3. The summed E-state index contributed by atoms with van der Waals surface area (Å²) < 4.78 is 18.7. The van der Waals surface area contributed by atoms with Gasteiger partial charge in [-0.3, -0.25) is 14.5 Å². The Morgan fingerprint density at radius 2 is 1.89 bits per heavy atom. The maximum atomic E-state index is 13.3. The van der Waals surface area contributed by atoms with Crippen LogP contribution < -0.4 is 10.6 Å². The minimum Gasteiger partial charge on any atom is -0.379 e. The van der Waals surface area contributed by atoms with Crippen LogP contribution in [0.25, 0.3) is 0 Å². The molecular formula is C20H24FN3O3S. The van der Waals surface area contributed by atoms with Crippen molar-refractivity contribution in [2.24, 2.45) is 0 Å². The quantitative estimate of drug-likeness (QED) is 0.706. The van der Waals surface area contributed by atoms with Crippen LogP contribution in [0.2, 0.25) is 0 Å². The number of thiophene rings is 1. The molecule has 2 amide bonds. The van der Waals surface area contributed by atoms with E-state index >= 15 is 0 Å². The third-order valence-electron chi connectivity index (χ3n) is 4.62. The van der Waals surface area contributed by atoms with Crippen LogP contribution in [0, 0.1) is 5.82 Å². The van der Waals surface area contributed by atoms with E-state index < -0.39 is 0 Å². The second-order valence-corrected chi connectivity index (χ2v) is 7.45. The summed E-state index contributed by atoms with van der Waals surface area (Å²) in [6, 6.07) is 9.89. The Labute approximate surface area is 167 Å². The van der Waals surface area contributed by atoms with E-state index in [2.05, 4.69) is 15.5 Å². The van der Waals surface area contributed by atoms with Gasteiger partial charge in [-0.05, 0) is 29.1 Å². The normalized spacial score (nSPS) is 15.8. The van der Waals surface area contributed by atoms with E-state index in [0.29, 0.717) is 24.6 Å². The number of benzene rings is 1. The highest BCUT2D eigenvalue weighted by Crippen LogP contribution is 2.21. The first-order valence-electron chi connectivity index (χ1n) is 9.29. The molecule has 2 heterocycles. The van der Waals surface area contributed by atoms with Gasteiger partial charge in [0, 0.05) is 32.6 Å². The summed E-state index contributed by atoms with van der Waals surface area (Å²) >= 11 is 1.36. The fraction of sp³-hybridized carbons (Fsp3) is 0.400. The minimum atomic E-state index is -0.282. The number of carbonyl (C=O) groups is 2. The van der Waals surface area contributed by atoms with E-state index in [9.17, 15) is 14.0 Å². The fourth-order valence-electron chi connectivity index (χ4n) is 3.12. The predicted octanol–water partition coefficient (Wildman–Crippen LogP) is 2.20. The number of morpholine rings is 1. The second kappa shape index (κ2) is 10.3. The van der Waals surface area contributed by atoms with Crippen molar-refractivity contribution in [2.75, 3.05) is 39.4 Å². The van der Waals surface area contributed by atoms with E-state index in [0.717, 1.165) is 18.7 Å². The van der Waals surface area contributed by atoms with Gasteiger partial charge in [-0.15, -0.1) is 11.3 Å². The smallest absolute Gasteiger partial charge is 0.261 e. The highest BCUT2D eigenvalue weighted by molar-refractivity contribution is 7.12. The standard InChI is InChI=1S/C20H24FN3O3S/c21-16-5-3-15(4-6-16)17(24-9-11-27-12-10-24)14-23-19(25)7-8-22-20(26)18-2-1-13-28-18/h1-6,13,17H,7-12,14H2,(H,22,26)(H,23,25). The topological polar surface area (TPSA) is 70.7 Å². The lowest BCUT2D eigenvalue weighted by molar-refractivity contribution is -0.121. The highest BCUT2D eigenvalue weighted by atomic mass is 32.1. The van der Waals surface area contributed by atoms with Crippen LogP contribution in [0.4, 0.5) is 4.39 Å². The number of hydrogen-bond acceptors (Lipinski definition) is 5. The van der Waals surface area contributed by atoms with Gasteiger partial charge in [-0.25, -0.2) is 4.39 Å². The molecule has 1 aromatic carbocycles. The SMILES string of the molecule is O=C(CCNC(=O)c1cccs1)NCC(c1ccc(F)cc1)N1CCOCC1. The summed E-state index contributed by atoms with van der Waals surface area (Å²) in [5.41, 5.74) is 0.953. The Kier molecular flexibility index (Phi) is 7.53. The molecule has 1 aromatic heterocycles. The number of carbonyl (C=O) groups excluding carboxylic acids is 2. The van der Waals surface area contributed by atoms with Crippen molar-refractivity contribution in [1.82, 2.24) is 15.5 Å². The summed E-state index contributed by atoms with van der Waals surface area (Å²) in [7, 11) is 0. The van der Waals surface area contributed by atoms with Crippen LogP contribution in [0.1, 0.15) is 27.7 Å². The first kappa shape index (κ1) is 20.4. The molecule has 0 aliphatic carbocycles. The van der Waals surface area contributed by atoms with Gasteiger partial charge >= 0.3 is 0 Å². The molecule has 1 unspecified atom stereocenters. The molecule has 2 aromatic rings. The molecule has 1 fully saturated rings. The highest BCUT2D eigenvalue weighted by Gasteiger charge is 2.23. The zero-order valence-electron chi connectivity index (χ0n) is 15.5. The zero-order chi connectivity index (χ0) is 19.8. The van der Waals surface area contributed by atoms with Crippen molar-refractivity contribution in [2.45, 2.75) is 12.5 Å². The van der Waals surface area contributed by atoms with Crippen molar-refractivity contribution in [3.8, 4) is 0 Å². The van der Waals surface area contributed by atoms with E-state index in [4.69, 9.17) is 4.74 Å². The molecule has 28 heavy (non-hydrogen) atoms. The number of halogens is 1. The summed E-state index contributed by atoms with van der Waals surface area (Å²) in [5, 5.41) is 7.52. The van der Waals surface area contributed by atoms with Gasteiger partial charge in [0.2, 0.25) is 5.91 Å². The van der Waals surface area contributed by atoms with E-state index in [-0.39, 0.29) is 36.6 Å². The number of hydrogen-bond donors (Lipinski definition) is 2. The first-order valence-corrected chi connectivity index (χ1v) is 10.2. The molecule has 6 nitrogen and oxygen atoms in total. The average Bonchev–Trinajstić information content (AvgIpc) is 3.25. The monoisotopic (exact) mass is 405 g/mol. The van der Waals surface area contributed by atoms with Gasteiger partial charge in [0.05, 0.1) is 24.1 Å². The maximum Gasteiger partial charge on any atom is 0.261 e. The minimum absolute atomic E-state index is 0.0471. The number of nitrogens with one attached hydrogen (secondary N) is 2. The van der Waals surface area contributed by atoms with Gasteiger partial charge in [0.25, 0.3) is 5.91 Å². The van der Waals surface area contributed by atoms with E-state index in [1.54, 1.807) is 18.2 Å². The van der Waals surface area contributed by atoms with Crippen LogP contribution in [0.5, 0.6) is 0 Å². The van der Waals surface area contributed by atoms with Gasteiger partial charge in [0.15, 0.2) is 0 Å². The number of rotatable bonds is 8. The van der Waals surface area contributed by atoms with Crippen molar-refractivity contribution < 1.29 is 18.7 Å². The third kappa shape index (κ3) is 5.85. The van der Waals surface area contributed by atoms with Crippen LogP contribution in [0.15, 0.2) is 41.8 Å². The molecule has 1 aliphatic heterocycles. The Balaban J connectivity index is 1.50. The van der Waals surface area contributed by atoms with Crippen molar-refractivity contribution in [3.05, 3.63) is 58.0 Å².